The van der Waals surface area contributed by atoms with Crippen LogP contribution in [0.5, 0.6) is 0 Å². The van der Waals surface area contributed by atoms with Crippen molar-refractivity contribution < 1.29 is 23.6 Å². The molecular formula is C19H17FN2O5. The van der Waals surface area contributed by atoms with E-state index in [1.807, 2.05) is 4.90 Å². The van der Waals surface area contributed by atoms with E-state index in [9.17, 15) is 24.1 Å². The van der Waals surface area contributed by atoms with Crippen molar-refractivity contribution in [2.45, 2.75) is 12.8 Å². The lowest BCUT2D eigenvalue weighted by Gasteiger charge is -2.20. The van der Waals surface area contributed by atoms with Gasteiger partial charge in [0.1, 0.15) is 5.82 Å². The van der Waals surface area contributed by atoms with Gasteiger partial charge in [-0.05, 0) is 42.7 Å². The molecule has 0 amide bonds. The number of hydrogen-bond acceptors (Lipinski definition) is 6. The van der Waals surface area contributed by atoms with Crippen LogP contribution in [0, 0.1) is 15.9 Å². The van der Waals surface area contributed by atoms with E-state index in [1.54, 1.807) is 0 Å². The molecule has 0 atom stereocenters. The molecule has 2 aromatic rings. The van der Waals surface area contributed by atoms with Crippen LogP contribution in [0.25, 0.3) is 0 Å². The van der Waals surface area contributed by atoms with Crippen LogP contribution in [0.2, 0.25) is 0 Å². The van der Waals surface area contributed by atoms with E-state index < -0.39 is 16.7 Å². The van der Waals surface area contributed by atoms with Gasteiger partial charge in [0.2, 0.25) is 0 Å². The number of halogens is 1. The molecule has 0 aliphatic carbocycles. The highest BCUT2D eigenvalue weighted by Crippen LogP contribution is 2.34. The molecule has 1 aliphatic heterocycles. The van der Waals surface area contributed by atoms with E-state index in [2.05, 4.69) is 0 Å². The van der Waals surface area contributed by atoms with Gasteiger partial charge in [-0.3, -0.25) is 14.9 Å². The second kappa shape index (κ2) is 7.94. The number of benzene rings is 2. The molecule has 0 radical (unpaired) electrons. The summed E-state index contributed by atoms with van der Waals surface area (Å²) < 4.78 is 18.0. The van der Waals surface area contributed by atoms with E-state index in [0.29, 0.717) is 43.5 Å². The van der Waals surface area contributed by atoms with Gasteiger partial charge in [-0.1, -0.05) is 0 Å². The van der Waals surface area contributed by atoms with Crippen LogP contribution in [-0.2, 0) is 11.2 Å². The highest BCUT2D eigenvalue weighted by atomic mass is 19.1. The Kier molecular flexibility index (Phi) is 5.44. The summed E-state index contributed by atoms with van der Waals surface area (Å²) in [5, 5.41) is 11.0. The summed E-state index contributed by atoms with van der Waals surface area (Å²) in [5.41, 5.74) is 1.96. The number of nitro groups is 1. The molecule has 0 saturated carbocycles. The largest absolute Gasteiger partial charge is 0.462 e. The first-order chi connectivity index (χ1) is 13.0. The van der Waals surface area contributed by atoms with Crippen LogP contribution >= 0.6 is 0 Å². The summed E-state index contributed by atoms with van der Waals surface area (Å²) >= 11 is 0. The number of aldehydes is 1. The maximum absolute atomic E-state index is 12.9. The van der Waals surface area contributed by atoms with Gasteiger partial charge < -0.3 is 9.64 Å². The maximum atomic E-state index is 12.9. The molecule has 3 rings (SSSR count). The van der Waals surface area contributed by atoms with Crippen LogP contribution in [0.4, 0.5) is 15.8 Å². The molecule has 0 spiro atoms. The van der Waals surface area contributed by atoms with Crippen molar-refractivity contribution in [2.75, 3.05) is 24.6 Å². The van der Waals surface area contributed by atoms with Crippen LogP contribution in [-0.4, -0.2) is 36.9 Å². The smallest absolute Gasteiger partial charge is 0.338 e. The number of nitrogens with zero attached hydrogens (tertiary/aromatic N) is 2. The summed E-state index contributed by atoms with van der Waals surface area (Å²) in [6, 6.07) is 7.88. The Balaban J connectivity index is 1.58. The SMILES string of the molecule is O=Cc1cc([N+](=O)[O-])cc2c1N(CCCOC(=O)c1ccc(F)cc1)CC2. The molecule has 0 N–H and O–H groups in total. The fourth-order valence-electron chi connectivity index (χ4n) is 3.15. The molecule has 0 aromatic heterocycles. The van der Waals surface area contributed by atoms with Crippen molar-refractivity contribution in [3.8, 4) is 0 Å². The summed E-state index contributed by atoms with van der Waals surface area (Å²) in [7, 11) is 0. The normalized spacial score (nSPS) is 12.6. The monoisotopic (exact) mass is 372 g/mol. The molecule has 8 heteroatoms. The molecular weight excluding hydrogens is 355 g/mol. The molecule has 7 nitrogen and oxygen atoms in total. The lowest BCUT2D eigenvalue weighted by Crippen LogP contribution is -2.24. The Morgan fingerprint density at radius 2 is 2.04 bits per heavy atom. The average molecular weight is 372 g/mol. The average Bonchev–Trinajstić information content (AvgIpc) is 3.08. The third-order valence-electron chi connectivity index (χ3n) is 4.39. The first kappa shape index (κ1) is 18.5. The Hall–Kier alpha value is -3.29. The number of esters is 1. The van der Waals surface area contributed by atoms with Gasteiger partial charge in [-0.25, -0.2) is 9.18 Å². The number of carbonyl (C=O) groups excluding carboxylic acids is 2. The Bertz CT molecular complexity index is 882. The minimum absolute atomic E-state index is 0.0917. The topological polar surface area (TPSA) is 89.8 Å². The Morgan fingerprint density at radius 3 is 2.70 bits per heavy atom. The number of fused-ring (bicyclic) bond motifs is 1. The van der Waals surface area contributed by atoms with E-state index in [0.717, 1.165) is 5.56 Å². The predicted molar refractivity (Wildman–Crippen MR) is 95.7 cm³/mol. The minimum atomic E-state index is -0.527. The highest BCUT2D eigenvalue weighted by molar-refractivity contribution is 5.89. The first-order valence-electron chi connectivity index (χ1n) is 8.43. The number of nitro benzene ring substituents is 1. The molecule has 0 fully saturated rings. The van der Waals surface area contributed by atoms with Crippen LogP contribution in [0.3, 0.4) is 0 Å². The maximum Gasteiger partial charge on any atom is 0.338 e. The second-order valence-electron chi connectivity index (χ2n) is 6.15. The van der Waals surface area contributed by atoms with Crippen molar-refractivity contribution >= 4 is 23.6 Å². The Labute approximate surface area is 154 Å². The summed E-state index contributed by atoms with van der Waals surface area (Å²) in [4.78, 5) is 35.7. The van der Waals surface area contributed by atoms with Crippen LogP contribution in [0.1, 0.15) is 32.7 Å². The number of anilines is 1. The van der Waals surface area contributed by atoms with Crippen molar-refractivity contribution in [3.63, 3.8) is 0 Å². The molecule has 140 valence electrons. The molecule has 27 heavy (non-hydrogen) atoms. The first-order valence-corrected chi connectivity index (χ1v) is 8.43. The van der Waals surface area contributed by atoms with E-state index in [-0.39, 0.29) is 17.9 Å². The molecule has 1 heterocycles. The predicted octanol–water partition coefficient (Wildman–Crippen LogP) is 3.16. The van der Waals surface area contributed by atoms with Crippen molar-refractivity contribution in [1.29, 1.82) is 0 Å². The fourth-order valence-corrected chi connectivity index (χ4v) is 3.15. The third-order valence-corrected chi connectivity index (χ3v) is 4.39. The number of rotatable bonds is 7. The lowest BCUT2D eigenvalue weighted by atomic mass is 10.1. The summed E-state index contributed by atoms with van der Waals surface area (Å²) in [6.45, 7) is 1.36. The second-order valence-corrected chi connectivity index (χ2v) is 6.15. The number of ether oxygens (including phenoxy) is 1. The van der Waals surface area contributed by atoms with E-state index >= 15 is 0 Å². The quantitative estimate of drug-likeness (QED) is 0.244. The highest BCUT2D eigenvalue weighted by Gasteiger charge is 2.25. The number of hydrogen-bond donors (Lipinski definition) is 0. The molecule has 2 aromatic carbocycles. The minimum Gasteiger partial charge on any atom is -0.462 e. The van der Waals surface area contributed by atoms with Gasteiger partial charge in [0.05, 0.1) is 22.8 Å². The molecule has 0 saturated heterocycles. The van der Waals surface area contributed by atoms with Crippen molar-refractivity contribution in [2.24, 2.45) is 0 Å². The van der Waals surface area contributed by atoms with Crippen molar-refractivity contribution in [1.82, 2.24) is 0 Å². The van der Waals surface area contributed by atoms with E-state index in [4.69, 9.17) is 4.74 Å². The zero-order valence-corrected chi connectivity index (χ0v) is 14.4. The van der Waals surface area contributed by atoms with Gasteiger partial charge in [0, 0.05) is 30.8 Å². The lowest BCUT2D eigenvalue weighted by molar-refractivity contribution is -0.384. The number of non-ortho nitro benzene ring substituents is 1. The van der Waals surface area contributed by atoms with Gasteiger partial charge in [0.25, 0.3) is 5.69 Å². The molecule has 0 unspecified atom stereocenters. The van der Waals surface area contributed by atoms with Gasteiger partial charge in [0.15, 0.2) is 6.29 Å². The van der Waals surface area contributed by atoms with Gasteiger partial charge in [-0.2, -0.15) is 0 Å². The fraction of sp³-hybridized carbons (Fsp3) is 0.263. The number of carbonyl (C=O) groups is 2. The molecule has 0 bridgehead atoms. The van der Waals surface area contributed by atoms with Crippen LogP contribution < -0.4 is 4.90 Å². The van der Waals surface area contributed by atoms with Gasteiger partial charge in [-0.15, -0.1) is 0 Å². The Morgan fingerprint density at radius 1 is 1.30 bits per heavy atom. The van der Waals surface area contributed by atoms with Gasteiger partial charge >= 0.3 is 5.97 Å². The summed E-state index contributed by atoms with van der Waals surface area (Å²) in [6.07, 6.45) is 1.77. The third kappa shape index (κ3) is 4.11. The zero-order chi connectivity index (χ0) is 19.4. The molecule has 1 aliphatic rings. The zero-order valence-electron chi connectivity index (χ0n) is 14.4. The van der Waals surface area contributed by atoms with E-state index in [1.165, 1.54) is 36.4 Å². The van der Waals surface area contributed by atoms with Crippen molar-refractivity contribution in [3.05, 3.63) is 69.0 Å². The summed E-state index contributed by atoms with van der Waals surface area (Å²) in [5.74, 6) is -0.952. The van der Waals surface area contributed by atoms with Crippen LogP contribution in [0.15, 0.2) is 36.4 Å². The standard InChI is InChI=1S/C19H17FN2O5/c20-16-4-2-13(3-5-16)19(24)27-9-1-7-21-8-6-14-10-17(22(25)26)11-15(12-23)18(14)21/h2-5,10-12H,1,6-9H2.